The number of carbonyl (C=O) groups is 1. The van der Waals surface area contributed by atoms with Crippen molar-refractivity contribution in [2.45, 2.75) is 32.1 Å². The largest absolute Gasteiger partial charge is 0.311 e. The lowest BCUT2D eigenvalue weighted by molar-refractivity contribution is -0.116. The van der Waals surface area contributed by atoms with Gasteiger partial charge < -0.3 is 5.32 Å². The van der Waals surface area contributed by atoms with Crippen molar-refractivity contribution in [3.63, 3.8) is 0 Å². The Hall–Kier alpha value is -3.09. The van der Waals surface area contributed by atoms with Crippen LogP contribution in [0.4, 0.5) is 5.82 Å². The summed E-state index contributed by atoms with van der Waals surface area (Å²) in [7, 11) is 1.83. The van der Waals surface area contributed by atoms with Crippen molar-refractivity contribution in [2.24, 2.45) is 7.05 Å². The van der Waals surface area contributed by atoms with Gasteiger partial charge in [-0.1, -0.05) is 19.9 Å². The molecule has 26 heavy (non-hydrogen) atoms. The molecule has 0 fully saturated rings. The third-order valence-corrected chi connectivity index (χ3v) is 4.56. The number of nitrogens with zero attached hydrogens (tertiary/aromatic N) is 5. The fourth-order valence-electron chi connectivity index (χ4n) is 3.29. The number of amides is 1. The Bertz CT molecular complexity index is 963. The minimum atomic E-state index is -0.176. The van der Waals surface area contributed by atoms with Gasteiger partial charge in [0.2, 0.25) is 5.91 Å². The molecule has 0 spiro atoms. The number of rotatable bonds is 3. The number of hydrogen-bond donors (Lipinski definition) is 1. The maximum Gasteiger partial charge on any atom is 0.226 e. The van der Waals surface area contributed by atoms with E-state index < -0.39 is 0 Å². The van der Waals surface area contributed by atoms with Crippen molar-refractivity contribution >= 4 is 11.7 Å². The maximum atomic E-state index is 12.3. The molecule has 7 heteroatoms. The molecule has 1 aliphatic rings. The predicted molar refractivity (Wildman–Crippen MR) is 97.6 cm³/mol. The molecule has 1 N–H and O–H groups in total. The van der Waals surface area contributed by atoms with Gasteiger partial charge in [0, 0.05) is 43.3 Å². The number of aromatic nitrogens is 5. The predicted octanol–water partition coefficient (Wildman–Crippen LogP) is 2.87. The van der Waals surface area contributed by atoms with Gasteiger partial charge in [-0.05, 0) is 18.2 Å². The van der Waals surface area contributed by atoms with E-state index in [-0.39, 0.29) is 17.7 Å². The fraction of sp³-hybridized carbons (Fsp3) is 0.316. The molecule has 4 rings (SSSR count). The molecule has 1 atom stereocenters. The van der Waals surface area contributed by atoms with Gasteiger partial charge >= 0.3 is 0 Å². The van der Waals surface area contributed by atoms with E-state index in [2.05, 4.69) is 34.2 Å². The standard InChI is InChI=1S/C19H20N6O/c1-11(2)18-21-9-7-13(22-18)12-10-15(26)23-19-16(12)17(24-25(19)3)14-6-4-5-8-20-14/h4-9,11-12H,10H2,1-3H3,(H,23,26)/t12-/m0/s1. The highest BCUT2D eigenvalue weighted by molar-refractivity contribution is 5.96. The van der Waals surface area contributed by atoms with Crippen molar-refractivity contribution in [1.82, 2.24) is 24.7 Å². The van der Waals surface area contributed by atoms with Crippen LogP contribution in [-0.4, -0.2) is 30.6 Å². The van der Waals surface area contributed by atoms with Crippen LogP contribution in [0.15, 0.2) is 36.7 Å². The molecule has 3 aromatic rings. The van der Waals surface area contributed by atoms with E-state index >= 15 is 0 Å². The molecule has 0 unspecified atom stereocenters. The summed E-state index contributed by atoms with van der Waals surface area (Å²) in [5.41, 5.74) is 3.35. The smallest absolute Gasteiger partial charge is 0.226 e. The van der Waals surface area contributed by atoms with Gasteiger partial charge in [-0.2, -0.15) is 5.10 Å². The number of carbonyl (C=O) groups excluding carboxylic acids is 1. The van der Waals surface area contributed by atoms with E-state index in [1.54, 1.807) is 17.1 Å². The highest BCUT2D eigenvalue weighted by Gasteiger charge is 2.34. The normalized spacial score (nSPS) is 16.5. The Balaban J connectivity index is 1.90. The van der Waals surface area contributed by atoms with Crippen LogP contribution in [0.1, 0.15) is 49.2 Å². The molecule has 1 amide bonds. The first-order valence-corrected chi connectivity index (χ1v) is 8.65. The van der Waals surface area contributed by atoms with E-state index in [4.69, 9.17) is 4.98 Å². The molecule has 0 bridgehead atoms. The van der Waals surface area contributed by atoms with Crippen molar-refractivity contribution in [3.8, 4) is 11.4 Å². The van der Waals surface area contributed by atoms with Gasteiger partial charge in [-0.25, -0.2) is 9.97 Å². The van der Waals surface area contributed by atoms with Crippen LogP contribution in [0.5, 0.6) is 0 Å². The lowest BCUT2D eigenvalue weighted by Gasteiger charge is -2.24. The summed E-state index contributed by atoms with van der Waals surface area (Å²) in [6.07, 6.45) is 3.84. The van der Waals surface area contributed by atoms with Crippen molar-refractivity contribution in [2.75, 3.05) is 5.32 Å². The molecule has 1 aliphatic heterocycles. The van der Waals surface area contributed by atoms with Gasteiger partial charge in [-0.3, -0.25) is 14.5 Å². The first kappa shape index (κ1) is 16.4. The number of pyridine rings is 1. The van der Waals surface area contributed by atoms with Crippen LogP contribution in [0.2, 0.25) is 0 Å². The zero-order chi connectivity index (χ0) is 18.3. The number of fused-ring (bicyclic) bond motifs is 1. The van der Waals surface area contributed by atoms with Gasteiger partial charge in [-0.15, -0.1) is 0 Å². The second-order valence-electron chi connectivity index (χ2n) is 6.75. The summed E-state index contributed by atoms with van der Waals surface area (Å²) >= 11 is 0. The highest BCUT2D eigenvalue weighted by atomic mass is 16.1. The summed E-state index contributed by atoms with van der Waals surface area (Å²) in [6, 6.07) is 7.61. The van der Waals surface area contributed by atoms with E-state index in [1.807, 2.05) is 31.3 Å². The second kappa shape index (κ2) is 6.33. The molecular weight excluding hydrogens is 328 g/mol. The van der Waals surface area contributed by atoms with Crippen molar-refractivity contribution in [3.05, 3.63) is 53.7 Å². The van der Waals surface area contributed by atoms with Crippen LogP contribution in [0, 0.1) is 0 Å². The Labute approximate surface area is 151 Å². The van der Waals surface area contributed by atoms with Crippen LogP contribution >= 0.6 is 0 Å². The molecular formula is C19H20N6O. The first-order chi connectivity index (χ1) is 12.5. The summed E-state index contributed by atoms with van der Waals surface area (Å²) in [6.45, 7) is 4.11. The molecule has 132 valence electrons. The quantitative estimate of drug-likeness (QED) is 0.786. The molecule has 4 heterocycles. The summed E-state index contributed by atoms with van der Waals surface area (Å²) in [5, 5.41) is 7.57. The monoisotopic (exact) mass is 348 g/mol. The highest BCUT2D eigenvalue weighted by Crippen LogP contribution is 2.41. The molecule has 7 nitrogen and oxygen atoms in total. The minimum Gasteiger partial charge on any atom is -0.311 e. The zero-order valence-electron chi connectivity index (χ0n) is 15.0. The molecule has 0 aliphatic carbocycles. The third-order valence-electron chi connectivity index (χ3n) is 4.56. The van der Waals surface area contributed by atoms with E-state index in [9.17, 15) is 4.79 Å². The lowest BCUT2D eigenvalue weighted by atomic mass is 9.88. The number of hydrogen-bond acceptors (Lipinski definition) is 5. The molecule has 0 radical (unpaired) electrons. The van der Waals surface area contributed by atoms with Gasteiger partial charge in [0.1, 0.15) is 17.3 Å². The van der Waals surface area contributed by atoms with Crippen LogP contribution in [-0.2, 0) is 11.8 Å². The molecule has 0 saturated heterocycles. The Morgan fingerprint density at radius 2 is 2.04 bits per heavy atom. The lowest BCUT2D eigenvalue weighted by Crippen LogP contribution is -2.25. The summed E-state index contributed by atoms with van der Waals surface area (Å²) < 4.78 is 1.70. The molecule has 0 aromatic carbocycles. The van der Waals surface area contributed by atoms with E-state index in [0.717, 1.165) is 28.5 Å². The van der Waals surface area contributed by atoms with Crippen molar-refractivity contribution in [1.29, 1.82) is 0 Å². The minimum absolute atomic E-state index is 0.0391. The average Bonchev–Trinajstić information content (AvgIpc) is 2.98. The Morgan fingerprint density at radius 3 is 2.77 bits per heavy atom. The van der Waals surface area contributed by atoms with Crippen molar-refractivity contribution < 1.29 is 4.79 Å². The van der Waals surface area contributed by atoms with Crippen LogP contribution < -0.4 is 5.32 Å². The topological polar surface area (TPSA) is 85.6 Å². The van der Waals surface area contributed by atoms with Crippen LogP contribution in [0.3, 0.4) is 0 Å². The maximum absolute atomic E-state index is 12.3. The Morgan fingerprint density at radius 1 is 1.19 bits per heavy atom. The molecule has 0 saturated carbocycles. The number of nitrogens with one attached hydrogen (secondary N) is 1. The second-order valence-corrected chi connectivity index (χ2v) is 6.75. The number of anilines is 1. The fourth-order valence-corrected chi connectivity index (χ4v) is 3.29. The SMILES string of the molecule is CC(C)c1nccc([C@@H]2CC(=O)Nc3c2c(-c2ccccn2)nn3C)n1. The third kappa shape index (κ3) is 2.75. The summed E-state index contributed by atoms with van der Waals surface area (Å²) in [5.74, 6) is 1.48. The molecule has 3 aromatic heterocycles. The average molecular weight is 348 g/mol. The van der Waals surface area contributed by atoms with E-state index in [1.165, 1.54) is 0 Å². The van der Waals surface area contributed by atoms with E-state index in [0.29, 0.717) is 12.2 Å². The van der Waals surface area contributed by atoms with Gasteiger partial charge in [0.15, 0.2) is 0 Å². The Kier molecular flexibility index (Phi) is 3.99. The number of aryl methyl sites for hydroxylation is 1. The first-order valence-electron chi connectivity index (χ1n) is 8.65. The summed E-state index contributed by atoms with van der Waals surface area (Å²) in [4.78, 5) is 25.8. The van der Waals surface area contributed by atoms with Crippen LogP contribution in [0.25, 0.3) is 11.4 Å². The van der Waals surface area contributed by atoms with Gasteiger partial charge in [0.05, 0.1) is 11.4 Å². The zero-order valence-corrected chi connectivity index (χ0v) is 15.0. The van der Waals surface area contributed by atoms with Gasteiger partial charge in [0.25, 0.3) is 0 Å².